The predicted octanol–water partition coefficient (Wildman–Crippen LogP) is 1.54. The number of rotatable bonds is 5. The van der Waals surface area contributed by atoms with E-state index in [-0.39, 0.29) is 0 Å². The first kappa shape index (κ1) is 14.8. The van der Waals surface area contributed by atoms with Crippen LogP contribution in [0.5, 0.6) is 0 Å². The van der Waals surface area contributed by atoms with Crippen LogP contribution in [0.3, 0.4) is 0 Å². The molecule has 1 amide bonds. The first-order valence-electron chi connectivity index (χ1n) is 6.62. The van der Waals surface area contributed by atoms with Crippen LogP contribution in [-0.4, -0.2) is 26.8 Å². The number of aromatic nitrogens is 2. The second-order valence-electron chi connectivity index (χ2n) is 4.74. The standard InChI is InChI=1S/C15H17N3O3/c1-3-10-4-6-11(7-5-10)14(19)17-13(15(20)21)12-8-16-18(2)9-12/h4-9,13H,3H2,1-2H3,(H,17,19)(H,20,21). The van der Waals surface area contributed by atoms with Crippen molar-refractivity contribution < 1.29 is 14.7 Å². The van der Waals surface area contributed by atoms with Gasteiger partial charge in [0.25, 0.3) is 5.91 Å². The van der Waals surface area contributed by atoms with E-state index < -0.39 is 17.9 Å². The summed E-state index contributed by atoms with van der Waals surface area (Å²) >= 11 is 0. The number of carbonyl (C=O) groups is 2. The summed E-state index contributed by atoms with van der Waals surface area (Å²) in [5.74, 6) is -1.55. The average Bonchev–Trinajstić information content (AvgIpc) is 2.90. The largest absolute Gasteiger partial charge is 0.479 e. The van der Waals surface area contributed by atoms with Crippen molar-refractivity contribution in [1.82, 2.24) is 15.1 Å². The number of amides is 1. The molecule has 0 aliphatic carbocycles. The maximum absolute atomic E-state index is 12.1. The number of aryl methyl sites for hydroxylation is 2. The van der Waals surface area contributed by atoms with Gasteiger partial charge in [0.15, 0.2) is 6.04 Å². The van der Waals surface area contributed by atoms with Crippen molar-refractivity contribution in [2.24, 2.45) is 7.05 Å². The topological polar surface area (TPSA) is 84.2 Å². The fraction of sp³-hybridized carbons (Fsp3) is 0.267. The van der Waals surface area contributed by atoms with Crippen molar-refractivity contribution in [3.63, 3.8) is 0 Å². The molecule has 1 heterocycles. The molecule has 0 saturated carbocycles. The number of aliphatic carboxylic acids is 1. The summed E-state index contributed by atoms with van der Waals surface area (Å²) in [6.07, 6.45) is 3.88. The van der Waals surface area contributed by atoms with Gasteiger partial charge in [0, 0.05) is 24.4 Å². The Hall–Kier alpha value is -2.63. The van der Waals surface area contributed by atoms with Gasteiger partial charge in [0.1, 0.15) is 0 Å². The molecule has 6 nitrogen and oxygen atoms in total. The minimum atomic E-state index is -1.12. The van der Waals surface area contributed by atoms with Gasteiger partial charge in [-0.15, -0.1) is 0 Å². The van der Waals surface area contributed by atoms with Gasteiger partial charge in [-0.1, -0.05) is 19.1 Å². The van der Waals surface area contributed by atoms with Gasteiger partial charge in [-0.05, 0) is 24.1 Å². The maximum atomic E-state index is 12.1. The Balaban J connectivity index is 2.16. The van der Waals surface area contributed by atoms with E-state index in [2.05, 4.69) is 10.4 Å². The number of hydrogen-bond acceptors (Lipinski definition) is 3. The number of carboxylic acid groups (broad SMARTS) is 1. The van der Waals surface area contributed by atoms with E-state index in [1.54, 1.807) is 25.4 Å². The fourth-order valence-electron chi connectivity index (χ4n) is 1.98. The first-order chi connectivity index (χ1) is 10.0. The number of benzene rings is 1. The minimum Gasteiger partial charge on any atom is -0.479 e. The van der Waals surface area contributed by atoms with Gasteiger partial charge in [-0.2, -0.15) is 5.10 Å². The summed E-state index contributed by atoms with van der Waals surface area (Å²) in [7, 11) is 1.69. The number of carboxylic acids is 1. The van der Waals surface area contributed by atoms with Crippen LogP contribution in [0.1, 0.15) is 34.5 Å². The molecule has 2 N–H and O–H groups in total. The molecule has 1 aromatic heterocycles. The Labute approximate surface area is 122 Å². The molecule has 110 valence electrons. The van der Waals surface area contributed by atoms with Gasteiger partial charge in [-0.3, -0.25) is 9.48 Å². The van der Waals surface area contributed by atoms with Crippen LogP contribution in [0.4, 0.5) is 0 Å². The number of hydrogen-bond donors (Lipinski definition) is 2. The monoisotopic (exact) mass is 287 g/mol. The zero-order valence-electron chi connectivity index (χ0n) is 11.9. The van der Waals surface area contributed by atoms with Gasteiger partial charge in [0.2, 0.25) is 0 Å². The molecule has 0 aliphatic heterocycles. The molecule has 1 atom stereocenters. The molecule has 2 aromatic rings. The van der Waals surface area contributed by atoms with E-state index >= 15 is 0 Å². The Morgan fingerprint density at radius 1 is 1.33 bits per heavy atom. The van der Waals surface area contributed by atoms with Crippen LogP contribution in [-0.2, 0) is 18.3 Å². The Morgan fingerprint density at radius 2 is 2.00 bits per heavy atom. The molecule has 6 heteroatoms. The van der Waals surface area contributed by atoms with E-state index in [1.807, 2.05) is 19.1 Å². The van der Waals surface area contributed by atoms with Crippen LogP contribution in [0.2, 0.25) is 0 Å². The van der Waals surface area contributed by atoms with E-state index in [0.29, 0.717) is 11.1 Å². The number of carbonyl (C=O) groups excluding carboxylic acids is 1. The lowest BCUT2D eigenvalue weighted by Crippen LogP contribution is -2.33. The van der Waals surface area contributed by atoms with Gasteiger partial charge in [-0.25, -0.2) is 4.79 Å². The van der Waals surface area contributed by atoms with Crippen LogP contribution < -0.4 is 5.32 Å². The average molecular weight is 287 g/mol. The third-order valence-corrected chi connectivity index (χ3v) is 3.20. The molecule has 0 aliphatic rings. The maximum Gasteiger partial charge on any atom is 0.331 e. The van der Waals surface area contributed by atoms with Crippen LogP contribution in [0.15, 0.2) is 36.7 Å². The SMILES string of the molecule is CCc1ccc(C(=O)NC(C(=O)O)c2cnn(C)c2)cc1. The highest BCUT2D eigenvalue weighted by atomic mass is 16.4. The molecule has 1 unspecified atom stereocenters. The Bertz CT molecular complexity index is 646. The Morgan fingerprint density at radius 3 is 2.48 bits per heavy atom. The van der Waals surface area contributed by atoms with Crippen molar-refractivity contribution in [1.29, 1.82) is 0 Å². The molecular formula is C15H17N3O3. The smallest absolute Gasteiger partial charge is 0.331 e. The molecule has 0 fully saturated rings. The highest BCUT2D eigenvalue weighted by Gasteiger charge is 2.23. The Kier molecular flexibility index (Phi) is 4.37. The van der Waals surface area contributed by atoms with Crippen molar-refractivity contribution in [2.45, 2.75) is 19.4 Å². The summed E-state index contributed by atoms with van der Waals surface area (Å²) in [6.45, 7) is 2.03. The quantitative estimate of drug-likeness (QED) is 0.873. The predicted molar refractivity (Wildman–Crippen MR) is 76.9 cm³/mol. The molecule has 0 radical (unpaired) electrons. The summed E-state index contributed by atoms with van der Waals surface area (Å²) in [4.78, 5) is 23.5. The molecule has 0 bridgehead atoms. The highest BCUT2D eigenvalue weighted by Crippen LogP contribution is 2.13. The first-order valence-corrected chi connectivity index (χ1v) is 6.62. The van der Waals surface area contributed by atoms with E-state index in [1.165, 1.54) is 10.9 Å². The second-order valence-corrected chi connectivity index (χ2v) is 4.74. The minimum absolute atomic E-state index is 0.422. The lowest BCUT2D eigenvalue weighted by atomic mass is 10.1. The number of nitrogens with one attached hydrogen (secondary N) is 1. The summed E-state index contributed by atoms with van der Waals surface area (Å²) in [5.41, 5.74) is 1.99. The number of nitrogens with zero attached hydrogens (tertiary/aromatic N) is 2. The van der Waals surface area contributed by atoms with Crippen molar-refractivity contribution in [3.8, 4) is 0 Å². The lowest BCUT2D eigenvalue weighted by molar-refractivity contribution is -0.139. The summed E-state index contributed by atoms with van der Waals surface area (Å²) < 4.78 is 1.49. The van der Waals surface area contributed by atoms with E-state index in [0.717, 1.165) is 12.0 Å². The third-order valence-electron chi connectivity index (χ3n) is 3.20. The van der Waals surface area contributed by atoms with Gasteiger partial charge < -0.3 is 10.4 Å². The molecule has 21 heavy (non-hydrogen) atoms. The zero-order chi connectivity index (χ0) is 15.4. The van der Waals surface area contributed by atoms with Crippen molar-refractivity contribution in [2.75, 3.05) is 0 Å². The van der Waals surface area contributed by atoms with Gasteiger partial charge >= 0.3 is 5.97 Å². The van der Waals surface area contributed by atoms with Crippen LogP contribution in [0, 0.1) is 0 Å². The van der Waals surface area contributed by atoms with Crippen molar-refractivity contribution >= 4 is 11.9 Å². The highest BCUT2D eigenvalue weighted by molar-refractivity contribution is 5.96. The zero-order valence-corrected chi connectivity index (χ0v) is 11.9. The third kappa shape index (κ3) is 3.47. The molecule has 2 rings (SSSR count). The summed E-state index contributed by atoms with van der Waals surface area (Å²) in [6, 6.07) is 5.98. The molecular weight excluding hydrogens is 270 g/mol. The van der Waals surface area contributed by atoms with E-state index in [9.17, 15) is 14.7 Å². The van der Waals surface area contributed by atoms with E-state index in [4.69, 9.17) is 0 Å². The van der Waals surface area contributed by atoms with Crippen LogP contribution >= 0.6 is 0 Å². The van der Waals surface area contributed by atoms with Gasteiger partial charge in [0.05, 0.1) is 6.20 Å². The van der Waals surface area contributed by atoms with Crippen LogP contribution in [0.25, 0.3) is 0 Å². The molecule has 1 aromatic carbocycles. The fourth-order valence-corrected chi connectivity index (χ4v) is 1.98. The molecule has 0 saturated heterocycles. The normalized spacial score (nSPS) is 11.9. The molecule has 0 spiro atoms. The van der Waals surface area contributed by atoms with Crippen molar-refractivity contribution in [3.05, 3.63) is 53.3 Å². The second kappa shape index (κ2) is 6.21. The lowest BCUT2D eigenvalue weighted by Gasteiger charge is -2.13. The summed E-state index contributed by atoms with van der Waals surface area (Å²) in [5, 5.41) is 15.7.